The lowest BCUT2D eigenvalue weighted by molar-refractivity contribution is -0.123. The highest BCUT2D eigenvalue weighted by atomic mass is 19.1. The molecule has 0 radical (unpaired) electrons. The molecule has 1 saturated heterocycles. The van der Waals surface area contributed by atoms with Crippen molar-refractivity contribution < 1.29 is 18.0 Å². The summed E-state index contributed by atoms with van der Waals surface area (Å²) >= 11 is 0. The average molecular weight is 427 g/mol. The summed E-state index contributed by atoms with van der Waals surface area (Å²) in [6, 6.07) is 8.21. The second kappa shape index (κ2) is 8.04. The quantitative estimate of drug-likeness (QED) is 0.620. The number of nitrogens with zero attached hydrogens (tertiary/aromatic N) is 1. The first-order valence-electron chi connectivity index (χ1n) is 10.8. The van der Waals surface area contributed by atoms with Gasteiger partial charge in [0.2, 0.25) is 5.91 Å². The van der Waals surface area contributed by atoms with Crippen molar-refractivity contribution in [3.8, 4) is 11.3 Å². The van der Waals surface area contributed by atoms with Crippen LogP contribution in [0.1, 0.15) is 37.2 Å². The average Bonchev–Trinajstić information content (AvgIpc) is 3.33. The molecule has 0 bridgehead atoms. The largest absolute Gasteiger partial charge is 0.352 e. The number of nitrogens with one attached hydrogen (secondary N) is 2. The van der Waals surface area contributed by atoms with Crippen molar-refractivity contribution >= 4 is 16.8 Å². The first-order valence-corrected chi connectivity index (χ1v) is 10.8. The maximum atomic E-state index is 14.5. The van der Waals surface area contributed by atoms with E-state index in [0.29, 0.717) is 36.0 Å². The third-order valence-corrected chi connectivity index (χ3v) is 6.47. The minimum absolute atomic E-state index is 0.0279. The summed E-state index contributed by atoms with van der Waals surface area (Å²) in [5, 5.41) is 3.59. The Balaban J connectivity index is 1.39. The predicted octanol–water partition coefficient (Wildman–Crippen LogP) is 4.71. The number of hydrogen-bond donors (Lipinski definition) is 2. The summed E-state index contributed by atoms with van der Waals surface area (Å²) in [5.74, 6) is -1.57. The topological polar surface area (TPSA) is 48.1 Å². The summed E-state index contributed by atoms with van der Waals surface area (Å²) < 4.78 is 41.9. The van der Waals surface area contributed by atoms with Crippen LogP contribution in [0.3, 0.4) is 0 Å². The molecule has 4 nitrogen and oxygen atoms in total. The molecule has 2 N–H and O–H groups in total. The van der Waals surface area contributed by atoms with Gasteiger partial charge in [-0.3, -0.25) is 9.69 Å². The molecule has 1 aromatic heterocycles. The number of carbonyl (C=O) groups is 1. The molecule has 1 amide bonds. The Hall–Kier alpha value is -2.80. The molecule has 1 aliphatic carbocycles. The number of likely N-dealkylation sites (tertiary alicyclic amines) is 1. The molecule has 31 heavy (non-hydrogen) atoms. The third kappa shape index (κ3) is 3.94. The van der Waals surface area contributed by atoms with Crippen molar-refractivity contribution in [2.75, 3.05) is 19.6 Å². The van der Waals surface area contributed by atoms with Crippen LogP contribution in [0.4, 0.5) is 13.2 Å². The summed E-state index contributed by atoms with van der Waals surface area (Å²) in [5.41, 5.74) is 2.46. The van der Waals surface area contributed by atoms with E-state index in [2.05, 4.69) is 15.2 Å². The Bertz CT molecular complexity index is 1110. The SMILES string of the molecule is O=C(CN1CCCC1)NC1CC(c2c(-c3ccc(F)cc3)[nH]c3c(F)cc(F)cc23)C1. The van der Waals surface area contributed by atoms with Crippen molar-refractivity contribution in [3.63, 3.8) is 0 Å². The number of hydrogen-bond acceptors (Lipinski definition) is 2. The van der Waals surface area contributed by atoms with E-state index in [9.17, 15) is 18.0 Å². The number of aromatic nitrogens is 1. The Morgan fingerprint density at radius 2 is 1.74 bits per heavy atom. The molecule has 3 aromatic rings. The zero-order chi connectivity index (χ0) is 21.5. The van der Waals surface area contributed by atoms with Crippen molar-refractivity contribution in [2.45, 2.75) is 37.6 Å². The van der Waals surface area contributed by atoms with E-state index in [-0.39, 0.29) is 29.2 Å². The lowest BCUT2D eigenvalue weighted by Crippen LogP contribution is -2.46. The van der Waals surface area contributed by atoms with Gasteiger partial charge in [-0.15, -0.1) is 0 Å². The predicted molar refractivity (Wildman–Crippen MR) is 113 cm³/mol. The highest BCUT2D eigenvalue weighted by Crippen LogP contribution is 2.45. The van der Waals surface area contributed by atoms with E-state index in [0.717, 1.165) is 37.6 Å². The molecule has 162 valence electrons. The van der Waals surface area contributed by atoms with E-state index < -0.39 is 11.6 Å². The lowest BCUT2D eigenvalue weighted by Gasteiger charge is -2.37. The third-order valence-electron chi connectivity index (χ3n) is 6.47. The normalized spacial score (nSPS) is 21.4. The van der Waals surface area contributed by atoms with E-state index in [1.807, 2.05) is 0 Å². The first kappa shape index (κ1) is 20.1. The molecule has 5 rings (SSSR count). The molecule has 7 heteroatoms. The van der Waals surface area contributed by atoms with Gasteiger partial charge in [-0.05, 0) is 86.1 Å². The van der Waals surface area contributed by atoms with Gasteiger partial charge in [0.15, 0.2) is 0 Å². The van der Waals surface area contributed by atoms with Gasteiger partial charge in [0, 0.05) is 17.5 Å². The number of H-pyrrole nitrogens is 1. The second-order valence-electron chi connectivity index (χ2n) is 8.65. The molecule has 2 heterocycles. The lowest BCUT2D eigenvalue weighted by atomic mass is 9.74. The zero-order valence-electron chi connectivity index (χ0n) is 17.1. The van der Waals surface area contributed by atoms with Crippen molar-refractivity contribution in [1.82, 2.24) is 15.2 Å². The Kier molecular flexibility index (Phi) is 5.22. The standard InChI is InChI=1S/C24H24F3N3O/c25-16-5-3-14(4-6-16)23-22(19-11-17(26)12-20(27)24(19)29-23)15-9-18(10-15)28-21(31)13-30-7-1-2-8-30/h3-6,11-12,15,18,29H,1-2,7-10,13H2,(H,28,31). The summed E-state index contributed by atoms with van der Waals surface area (Å²) in [6.45, 7) is 2.36. The van der Waals surface area contributed by atoms with E-state index in [1.165, 1.54) is 18.2 Å². The van der Waals surface area contributed by atoms with Crippen LogP contribution in [0.2, 0.25) is 0 Å². The molecular formula is C24H24F3N3O. The van der Waals surface area contributed by atoms with Crippen LogP contribution in [0.5, 0.6) is 0 Å². The molecule has 2 fully saturated rings. The fraction of sp³-hybridized carbons (Fsp3) is 0.375. The van der Waals surface area contributed by atoms with Crippen LogP contribution in [0.15, 0.2) is 36.4 Å². The van der Waals surface area contributed by atoms with Crippen molar-refractivity contribution in [1.29, 1.82) is 0 Å². The van der Waals surface area contributed by atoms with Crippen molar-refractivity contribution in [2.24, 2.45) is 0 Å². The monoisotopic (exact) mass is 427 g/mol. The summed E-state index contributed by atoms with van der Waals surface area (Å²) in [4.78, 5) is 17.6. The van der Waals surface area contributed by atoms with Crippen LogP contribution in [0, 0.1) is 17.5 Å². The number of halogens is 3. The molecule has 1 aliphatic heterocycles. The van der Waals surface area contributed by atoms with Crippen LogP contribution in [-0.2, 0) is 4.79 Å². The molecule has 0 unspecified atom stereocenters. The molecule has 2 aromatic carbocycles. The maximum Gasteiger partial charge on any atom is 0.234 e. The maximum absolute atomic E-state index is 14.5. The Labute approximate surface area is 178 Å². The molecule has 1 saturated carbocycles. The van der Waals surface area contributed by atoms with E-state index in [1.54, 1.807) is 12.1 Å². The minimum atomic E-state index is -0.653. The number of fused-ring (bicyclic) bond motifs is 1. The van der Waals surface area contributed by atoms with Gasteiger partial charge < -0.3 is 10.3 Å². The summed E-state index contributed by atoms with van der Waals surface area (Å²) in [6.07, 6.45) is 3.67. The van der Waals surface area contributed by atoms with Gasteiger partial charge in [0.05, 0.1) is 17.8 Å². The second-order valence-corrected chi connectivity index (χ2v) is 8.65. The van der Waals surface area contributed by atoms with Gasteiger partial charge in [0.1, 0.15) is 17.5 Å². The number of rotatable bonds is 5. The fourth-order valence-electron chi connectivity index (χ4n) is 4.90. The Morgan fingerprint density at radius 1 is 1.03 bits per heavy atom. The van der Waals surface area contributed by atoms with Gasteiger partial charge in [0.25, 0.3) is 0 Å². The molecule has 0 atom stereocenters. The van der Waals surface area contributed by atoms with Crippen LogP contribution < -0.4 is 5.32 Å². The van der Waals surface area contributed by atoms with Crippen LogP contribution in [0.25, 0.3) is 22.2 Å². The fourth-order valence-corrected chi connectivity index (χ4v) is 4.90. The highest BCUT2D eigenvalue weighted by Gasteiger charge is 2.35. The molecule has 0 spiro atoms. The zero-order valence-corrected chi connectivity index (χ0v) is 17.1. The van der Waals surface area contributed by atoms with Gasteiger partial charge in [-0.1, -0.05) is 0 Å². The number of carbonyl (C=O) groups excluding carboxylic acids is 1. The molecule has 2 aliphatic rings. The Morgan fingerprint density at radius 3 is 2.45 bits per heavy atom. The summed E-state index contributed by atoms with van der Waals surface area (Å²) in [7, 11) is 0. The van der Waals surface area contributed by atoms with Crippen molar-refractivity contribution in [3.05, 3.63) is 59.4 Å². The number of amides is 1. The van der Waals surface area contributed by atoms with Gasteiger partial charge in [-0.2, -0.15) is 0 Å². The first-order chi connectivity index (χ1) is 15.0. The number of benzene rings is 2. The van der Waals surface area contributed by atoms with Crippen LogP contribution >= 0.6 is 0 Å². The van der Waals surface area contributed by atoms with Gasteiger partial charge in [-0.25, -0.2) is 13.2 Å². The minimum Gasteiger partial charge on any atom is -0.352 e. The smallest absolute Gasteiger partial charge is 0.234 e. The van der Waals surface area contributed by atoms with Gasteiger partial charge >= 0.3 is 0 Å². The van der Waals surface area contributed by atoms with Crippen LogP contribution in [-0.4, -0.2) is 41.5 Å². The highest BCUT2D eigenvalue weighted by molar-refractivity contribution is 5.92. The van der Waals surface area contributed by atoms with E-state index in [4.69, 9.17) is 0 Å². The number of aromatic amines is 1. The van der Waals surface area contributed by atoms with E-state index >= 15 is 0 Å². The molecular weight excluding hydrogens is 403 g/mol.